The molecule has 1 aromatic carbocycles. The van der Waals surface area contributed by atoms with Crippen LogP contribution in [0.4, 0.5) is 0 Å². The standard InChI is InChI=1S/C21H21N3/c1-2-3-8-15-24-19-11-5-4-9-16(19)17-12-14-23-20(21(17)24)18-10-6-7-13-22-18/h4-7,9-14H,2-3,8,15H2,1H3. The molecular weight excluding hydrogens is 294 g/mol. The van der Waals surface area contributed by atoms with Gasteiger partial charge in [-0.3, -0.25) is 9.97 Å². The molecule has 0 aliphatic rings. The third kappa shape index (κ3) is 2.46. The SMILES string of the molecule is CCCCCn1c2ccccc2c2ccnc(-c3ccccn3)c21. The van der Waals surface area contributed by atoms with Gasteiger partial charge in [0.2, 0.25) is 0 Å². The van der Waals surface area contributed by atoms with E-state index in [0.717, 1.165) is 17.9 Å². The largest absolute Gasteiger partial charge is 0.339 e. The molecule has 0 bridgehead atoms. The van der Waals surface area contributed by atoms with E-state index < -0.39 is 0 Å². The molecule has 0 spiro atoms. The Morgan fingerprint density at radius 1 is 0.833 bits per heavy atom. The molecule has 0 unspecified atom stereocenters. The first-order chi connectivity index (χ1) is 11.9. The Morgan fingerprint density at radius 2 is 1.71 bits per heavy atom. The number of hydrogen-bond acceptors (Lipinski definition) is 2. The number of benzene rings is 1. The van der Waals surface area contributed by atoms with Crippen LogP contribution >= 0.6 is 0 Å². The average Bonchev–Trinajstić information content (AvgIpc) is 2.97. The maximum Gasteiger partial charge on any atom is 0.113 e. The van der Waals surface area contributed by atoms with E-state index in [1.165, 1.54) is 41.1 Å². The molecule has 3 heteroatoms. The Labute approximate surface area is 142 Å². The molecule has 3 aromatic heterocycles. The van der Waals surface area contributed by atoms with Gasteiger partial charge in [-0.25, -0.2) is 0 Å². The lowest BCUT2D eigenvalue weighted by Crippen LogP contribution is -2.00. The summed E-state index contributed by atoms with van der Waals surface area (Å²) in [5.41, 5.74) is 4.39. The molecule has 24 heavy (non-hydrogen) atoms. The van der Waals surface area contributed by atoms with Crippen molar-refractivity contribution in [2.24, 2.45) is 0 Å². The lowest BCUT2D eigenvalue weighted by molar-refractivity contribution is 0.627. The van der Waals surface area contributed by atoms with Crippen molar-refractivity contribution >= 4 is 21.8 Å². The summed E-state index contributed by atoms with van der Waals surface area (Å²) in [4.78, 5) is 9.21. The summed E-state index contributed by atoms with van der Waals surface area (Å²) in [7, 11) is 0. The molecule has 0 fully saturated rings. The Morgan fingerprint density at radius 3 is 2.54 bits per heavy atom. The fourth-order valence-electron chi connectivity index (χ4n) is 3.44. The zero-order valence-electron chi connectivity index (χ0n) is 13.9. The molecule has 0 atom stereocenters. The molecule has 4 rings (SSSR count). The van der Waals surface area contributed by atoms with Crippen LogP contribution < -0.4 is 0 Å². The molecular formula is C21H21N3. The van der Waals surface area contributed by atoms with Crippen molar-refractivity contribution in [1.82, 2.24) is 14.5 Å². The van der Waals surface area contributed by atoms with Crippen LogP contribution in [-0.2, 0) is 6.54 Å². The molecule has 120 valence electrons. The molecule has 0 radical (unpaired) electrons. The number of hydrogen-bond donors (Lipinski definition) is 0. The summed E-state index contributed by atoms with van der Waals surface area (Å²) in [6.07, 6.45) is 7.38. The van der Waals surface area contributed by atoms with E-state index in [1.807, 2.05) is 30.6 Å². The maximum absolute atomic E-state index is 4.68. The van der Waals surface area contributed by atoms with Gasteiger partial charge < -0.3 is 4.57 Å². The van der Waals surface area contributed by atoms with Crippen LogP contribution in [0.5, 0.6) is 0 Å². The topological polar surface area (TPSA) is 30.7 Å². The third-order valence-electron chi connectivity index (χ3n) is 4.57. The molecule has 0 saturated heterocycles. The third-order valence-corrected chi connectivity index (χ3v) is 4.57. The second-order valence-electron chi connectivity index (χ2n) is 6.15. The number of fused-ring (bicyclic) bond motifs is 3. The van der Waals surface area contributed by atoms with Crippen molar-refractivity contribution in [3.05, 3.63) is 60.9 Å². The molecule has 0 saturated carbocycles. The van der Waals surface area contributed by atoms with E-state index >= 15 is 0 Å². The van der Waals surface area contributed by atoms with Crippen molar-refractivity contribution < 1.29 is 0 Å². The van der Waals surface area contributed by atoms with Crippen LogP contribution in [-0.4, -0.2) is 14.5 Å². The zero-order valence-corrected chi connectivity index (χ0v) is 13.9. The van der Waals surface area contributed by atoms with Gasteiger partial charge in [0.1, 0.15) is 5.69 Å². The highest BCUT2D eigenvalue weighted by Gasteiger charge is 2.15. The van der Waals surface area contributed by atoms with E-state index in [9.17, 15) is 0 Å². The Kier molecular flexibility index (Phi) is 3.99. The minimum atomic E-state index is 0.933. The second-order valence-corrected chi connectivity index (χ2v) is 6.15. The van der Waals surface area contributed by atoms with Crippen molar-refractivity contribution in [2.45, 2.75) is 32.7 Å². The summed E-state index contributed by atoms with van der Waals surface area (Å²) >= 11 is 0. The summed E-state index contributed by atoms with van der Waals surface area (Å²) < 4.78 is 2.43. The molecule has 0 aliphatic carbocycles. The number of aryl methyl sites for hydroxylation is 1. The first kappa shape index (κ1) is 14.9. The van der Waals surface area contributed by atoms with Gasteiger partial charge in [-0.1, -0.05) is 44.0 Å². The van der Waals surface area contributed by atoms with Crippen LogP contribution in [0.1, 0.15) is 26.2 Å². The lowest BCUT2D eigenvalue weighted by atomic mass is 10.1. The van der Waals surface area contributed by atoms with Gasteiger partial charge in [0.25, 0.3) is 0 Å². The minimum absolute atomic E-state index is 0.933. The maximum atomic E-state index is 4.68. The summed E-state index contributed by atoms with van der Waals surface area (Å²) in [5, 5.41) is 2.56. The van der Waals surface area contributed by atoms with Crippen LogP contribution in [0.3, 0.4) is 0 Å². The number of nitrogens with zero attached hydrogens (tertiary/aromatic N) is 3. The fourth-order valence-corrected chi connectivity index (χ4v) is 3.44. The van der Waals surface area contributed by atoms with Crippen LogP contribution in [0.2, 0.25) is 0 Å². The first-order valence-electron chi connectivity index (χ1n) is 8.67. The Balaban J connectivity index is 2.01. The number of unbranched alkanes of at least 4 members (excludes halogenated alkanes) is 2. The molecule has 0 amide bonds. The Hall–Kier alpha value is -2.68. The monoisotopic (exact) mass is 315 g/mol. The van der Waals surface area contributed by atoms with Crippen molar-refractivity contribution in [3.63, 3.8) is 0 Å². The summed E-state index contributed by atoms with van der Waals surface area (Å²) in [6.45, 7) is 3.26. The van der Waals surface area contributed by atoms with Crippen molar-refractivity contribution in [1.29, 1.82) is 0 Å². The Bertz CT molecular complexity index is 970. The predicted molar refractivity (Wildman–Crippen MR) is 100.0 cm³/mol. The van der Waals surface area contributed by atoms with E-state index in [-0.39, 0.29) is 0 Å². The van der Waals surface area contributed by atoms with Gasteiger partial charge >= 0.3 is 0 Å². The molecule has 3 nitrogen and oxygen atoms in total. The van der Waals surface area contributed by atoms with E-state index in [4.69, 9.17) is 0 Å². The predicted octanol–water partition coefficient (Wildman–Crippen LogP) is 5.44. The molecule has 0 N–H and O–H groups in total. The van der Waals surface area contributed by atoms with E-state index in [1.54, 1.807) is 0 Å². The summed E-state index contributed by atoms with van der Waals surface area (Å²) in [6, 6.07) is 16.8. The van der Waals surface area contributed by atoms with Crippen LogP contribution in [0.15, 0.2) is 60.9 Å². The quantitative estimate of drug-likeness (QED) is 0.459. The van der Waals surface area contributed by atoms with Gasteiger partial charge in [-0.15, -0.1) is 0 Å². The van der Waals surface area contributed by atoms with Crippen molar-refractivity contribution in [3.8, 4) is 11.4 Å². The highest BCUT2D eigenvalue weighted by molar-refractivity contribution is 6.11. The zero-order chi connectivity index (χ0) is 16.4. The normalized spacial score (nSPS) is 11.4. The molecule has 0 aliphatic heterocycles. The average molecular weight is 315 g/mol. The highest BCUT2D eigenvalue weighted by Crippen LogP contribution is 2.34. The minimum Gasteiger partial charge on any atom is -0.339 e. The van der Waals surface area contributed by atoms with Crippen LogP contribution in [0.25, 0.3) is 33.2 Å². The molecule has 3 heterocycles. The number of pyridine rings is 2. The molecule has 4 aromatic rings. The van der Waals surface area contributed by atoms with Gasteiger partial charge in [0.05, 0.1) is 11.2 Å². The smallest absolute Gasteiger partial charge is 0.113 e. The number of aromatic nitrogens is 3. The van der Waals surface area contributed by atoms with Gasteiger partial charge in [-0.2, -0.15) is 0 Å². The number of rotatable bonds is 5. The van der Waals surface area contributed by atoms with Crippen molar-refractivity contribution in [2.75, 3.05) is 0 Å². The fraction of sp³-hybridized carbons (Fsp3) is 0.238. The summed E-state index contributed by atoms with van der Waals surface area (Å²) in [5.74, 6) is 0. The van der Waals surface area contributed by atoms with Crippen LogP contribution in [0, 0.1) is 0 Å². The first-order valence-corrected chi connectivity index (χ1v) is 8.67. The second kappa shape index (κ2) is 6.44. The van der Waals surface area contributed by atoms with E-state index in [0.29, 0.717) is 0 Å². The van der Waals surface area contributed by atoms with Gasteiger partial charge in [0, 0.05) is 35.2 Å². The van der Waals surface area contributed by atoms with Gasteiger partial charge in [-0.05, 0) is 30.7 Å². The van der Waals surface area contributed by atoms with E-state index in [2.05, 4.69) is 51.8 Å². The lowest BCUT2D eigenvalue weighted by Gasteiger charge is -2.10. The van der Waals surface area contributed by atoms with Gasteiger partial charge in [0.15, 0.2) is 0 Å². The highest BCUT2D eigenvalue weighted by atomic mass is 15.0. The number of para-hydroxylation sites is 1.